The zero-order chi connectivity index (χ0) is 12.3. The van der Waals surface area contributed by atoms with Crippen LogP contribution in [0.3, 0.4) is 0 Å². The van der Waals surface area contributed by atoms with E-state index in [0.29, 0.717) is 6.29 Å². The largest absolute Gasteiger partial charge is 0.309 e. The van der Waals surface area contributed by atoms with Crippen LogP contribution in [0.2, 0.25) is 0 Å². The molecule has 1 aromatic rings. The van der Waals surface area contributed by atoms with E-state index in [1.807, 2.05) is 33.8 Å². The summed E-state index contributed by atoms with van der Waals surface area (Å²) in [6, 6.07) is 3.62. The second-order valence-corrected chi connectivity index (χ2v) is 4.42. The molecule has 0 fully saturated rings. The molecule has 1 atom stereocenters. The van der Waals surface area contributed by atoms with Gasteiger partial charge in [-0.25, -0.2) is 0 Å². The highest BCUT2D eigenvalue weighted by atomic mass is 16.1. The number of hydrogen-bond donors (Lipinski definition) is 0. The molecule has 1 aromatic heterocycles. The van der Waals surface area contributed by atoms with Gasteiger partial charge in [0.2, 0.25) is 0 Å². The Kier molecular flexibility index (Phi) is 4.05. The molecule has 88 valence electrons. The van der Waals surface area contributed by atoms with E-state index in [9.17, 15) is 9.59 Å². The van der Waals surface area contributed by atoms with Crippen molar-refractivity contribution in [2.75, 3.05) is 0 Å². The van der Waals surface area contributed by atoms with E-state index in [2.05, 4.69) is 0 Å². The first-order valence-electron chi connectivity index (χ1n) is 5.73. The summed E-state index contributed by atoms with van der Waals surface area (Å²) in [6.45, 7) is 8.14. The van der Waals surface area contributed by atoms with E-state index >= 15 is 0 Å². The van der Waals surface area contributed by atoms with Crippen molar-refractivity contribution in [3.63, 3.8) is 0 Å². The van der Waals surface area contributed by atoms with Gasteiger partial charge in [-0.2, -0.15) is 0 Å². The second-order valence-electron chi connectivity index (χ2n) is 4.42. The fraction of sp³-hybridized carbons (Fsp3) is 0.538. The Morgan fingerprint density at radius 1 is 1.31 bits per heavy atom. The van der Waals surface area contributed by atoms with E-state index in [0.717, 1.165) is 12.1 Å². The molecule has 0 saturated heterocycles. The van der Waals surface area contributed by atoms with Crippen LogP contribution >= 0.6 is 0 Å². The molecule has 0 spiro atoms. The Morgan fingerprint density at radius 2 is 1.94 bits per heavy atom. The second kappa shape index (κ2) is 5.10. The Bertz CT molecular complexity index is 432. The summed E-state index contributed by atoms with van der Waals surface area (Å²) in [5.74, 6) is 0.280. The first kappa shape index (κ1) is 12.7. The highest BCUT2D eigenvalue weighted by Gasteiger charge is 2.14. The monoisotopic (exact) mass is 221 g/mol. The van der Waals surface area contributed by atoms with Crippen molar-refractivity contribution in [1.29, 1.82) is 0 Å². The molecule has 1 heterocycles. The highest BCUT2D eigenvalue weighted by Crippen LogP contribution is 2.18. The molecular weight excluding hydrogens is 202 g/mol. The van der Waals surface area contributed by atoms with Crippen molar-refractivity contribution in [1.82, 2.24) is 4.57 Å². The molecule has 0 N–H and O–H groups in total. The molecule has 0 saturated carbocycles. The standard InChI is InChI=1S/C13H19NO2/c1-5-10(4)14-12(9(2)3)7-6-11(8-15)13(14)16/h6-10H,5H2,1-4H3. The van der Waals surface area contributed by atoms with Crippen LogP contribution in [0.4, 0.5) is 0 Å². The zero-order valence-electron chi connectivity index (χ0n) is 10.4. The van der Waals surface area contributed by atoms with Gasteiger partial charge in [0.25, 0.3) is 5.56 Å². The van der Waals surface area contributed by atoms with E-state index in [1.54, 1.807) is 10.6 Å². The van der Waals surface area contributed by atoms with Crippen LogP contribution in [0.1, 0.15) is 62.1 Å². The zero-order valence-corrected chi connectivity index (χ0v) is 10.4. The minimum Gasteiger partial charge on any atom is -0.309 e. The first-order valence-corrected chi connectivity index (χ1v) is 5.73. The van der Waals surface area contributed by atoms with Crippen molar-refractivity contribution in [2.24, 2.45) is 0 Å². The lowest BCUT2D eigenvalue weighted by atomic mass is 10.1. The lowest BCUT2D eigenvalue weighted by Gasteiger charge is -2.21. The van der Waals surface area contributed by atoms with Gasteiger partial charge in [-0.3, -0.25) is 9.59 Å². The van der Waals surface area contributed by atoms with Crippen LogP contribution in [-0.2, 0) is 0 Å². The van der Waals surface area contributed by atoms with Gasteiger partial charge in [0, 0.05) is 11.7 Å². The number of pyridine rings is 1. The number of carbonyl (C=O) groups is 1. The summed E-state index contributed by atoms with van der Waals surface area (Å²) in [5.41, 5.74) is 1.06. The number of aldehydes is 1. The predicted molar refractivity (Wildman–Crippen MR) is 65.2 cm³/mol. The van der Waals surface area contributed by atoms with E-state index in [-0.39, 0.29) is 23.1 Å². The van der Waals surface area contributed by atoms with Gasteiger partial charge in [-0.15, -0.1) is 0 Å². The lowest BCUT2D eigenvalue weighted by molar-refractivity contribution is 0.112. The van der Waals surface area contributed by atoms with Gasteiger partial charge in [-0.1, -0.05) is 20.8 Å². The molecule has 0 aliphatic rings. The third-order valence-corrected chi connectivity index (χ3v) is 2.93. The summed E-state index contributed by atoms with van der Waals surface area (Å²) in [5, 5.41) is 0. The van der Waals surface area contributed by atoms with E-state index < -0.39 is 0 Å². The number of carbonyl (C=O) groups excluding carboxylic acids is 1. The molecule has 3 nitrogen and oxygen atoms in total. The van der Waals surface area contributed by atoms with Crippen molar-refractivity contribution in [3.8, 4) is 0 Å². The van der Waals surface area contributed by atoms with Crippen LogP contribution in [0.15, 0.2) is 16.9 Å². The maximum absolute atomic E-state index is 12.1. The van der Waals surface area contributed by atoms with Crippen molar-refractivity contribution < 1.29 is 4.79 Å². The van der Waals surface area contributed by atoms with Crippen molar-refractivity contribution in [3.05, 3.63) is 33.7 Å². The molecule has 3 heteroatoms. The van der Waals surface area contributed by atoms with Crippen LogP contribution in [0, 0.1) is 0 Å². The molecule has 0 aliphatic carbocycles. The van der Waals surface area contributed by atoms with E-state index in [1.165, 1.54) is 0 Å². The van der Waals surface area contributed by atoms with Crippen LogP contribution < -0.4 is 5.56 Å². The predicted octanol–water partition coefficient (Wildman–Crippen LogP) is 2.76. The van der Waals surface area contributed by atoms with Gasteiger partial charge in [0.1, 0.15) is 0 Å². The van der Waals surface area contributed by atoms with E-state index in [4.69, 9.17) is 0 Å². The fourth-order valence-corrected chi connectivity index (χ4v) is 1.78. The quantitative estimate of drug-likeness (QED) is 0.733. The number of nitrogens with zero attached hydrogens (tertiary/aromatic N) is 1. The van der Waals surface area contributed by atoms with Crippen molar-refractivity contribution >= 4 is 6.29 Å². The van der Waals surface area contributed by atoms with Crippen LogP contribution in [-0.4, -0.2) is 10.9 Å². The molecule has 0 bridgehead atoms. The number of aromatic nitrogens is 1. The summed E-state index contributed by atoms with van der Waals surface area (Å²) in [6.07, 6.45) is 1.51. The Balaban J connectivity index is 3.49. The SMILES string of the molecule is CCC(C)n1c(C(C)C)ccc(C=O)c1=O. The van der Waals surface area contributed by atoms with Gasteiger partial charge < -0.3 is 4.57 Å². The normalized spacial score (nSPS) is 12.8. The van der Waals surface area contributed by atoms with Gasteiger partial charge in [0.15, 0.2) is 6.29 Å². The molecular formula is C13H19NO2. The Hall–Kier alpha value is -1.38. The number of hydrogen-bond acceptors (Lipinski definition) is 2. The molecule has 0 aromatic carbocycles. The summed E-state index contributed by atoms with van der Waals surface area (Å²) in [7, 11) is 0. The summed E-state index contributed by atoms with van der Waals surface area (Å²) < 4.78 is 1.74. The number of rotatable bonds is 4. The van der Waals surface area contributed by atoms with Gasteiger partial charge in [-0.05, 0) is 31.4 Å². The summed E-state index contributed by atoms with van der Waals surface area (Å²) in [4.78, 5) is 22.8. The van der Waals surface area contributed by atoms with Gasteiger partial charge >= 0.3 is 0 Å². The molecule has 0 radical (unpaired) electrons. The molecule has 0 amide bonds. The van der Waals surface area contributed by atoms with Crippen LogP contribution in [0.25, 0.3) is 0 Å². The molecule has 0 aliphatic heterocycles. The minimum atomic E-state index is -0.171. The lowest BCUT2D eigenvalue weighted by Crippen LogP contribution is -2.29. The third kappa shape index (κ3) is 2.23. The molecule has 1 unspecified atom stereocenters. The Morgan fingerprint density at radius 3 is 2.38 bits per heavy atom. The first-order chi connectivity index (χ1) is 7.52. The topological polar surface area (TPSA) is 39.1 Å². The Labute approximate surface area is 96.1 Å². The average Bonchev–Trinajstić information content (AvgIpc) is 2.27. The average molecular weight is 221 g/mol. The highest BCUT2D eigenvalue weighted by molar-refractivity contribution is 5.74. The van der Waals surface area contributed by atoms with Crippen molar-refractivity contribution in [2.45, 2.75) is 46.1 Å². The maximum Gasteiger partial charge on any atom is 0.261 e. The molecule has 16 heavy (non-hydrogen) atoms. The third-order valence-electron chi connectivity index (χ3n) is 2.93. The van der Waals surface area contributed by atoms with Crippen LogP contribution in [0.5, 0.6) is 0 Å². The summed E-state index contributed by atoms with van der Waals surface area (Å²) >= 11 is 0. The van der Waals surface area contributed by atoms with Gasteiger partial charge in [0.05, 0.1) is 5.56 Å². The fourth-order valence-electron chi connectivity index (χ4n) is 1.78. The smallest absolute Gasteiger partial charge is 0.261 e. The molecule has 1 rings (SSSR count). The maximum atomic E-state index is 12.1. The minimum absolute atomic E-state index is 0.129.